The van der Waals surface area contributed by atoms with Crippen LogP contribution in [0.15, 0.2) is 310 Å². The van der Waals surface area contributed by atoms with Gasteiger partial charge in [-0.05, 0) is 146 Å². The van der Waals surface area contributed by atoms with E-state index in [0.29, 0.717) is 0 Å². The molecule has 2 heterocycles. The van der Waals surface area contributed by atoms with Crippen LogP contribution in [0.5, 0.6) is 0 Å². The summed E-state index contributed by atoms with van der Waals surface area (Å²) in [5, 5.41) is 3.59. The van der Waals surface area contributed by atoms with Gasteiger partial charge in [0, 0.05) is 50.8 Å². The summed E-state index contributed by atoms with van der Waals surface area (Å²) in [6.45, 7) is 0. The molecule has 0 amide bonds. The van der Waals surface area contributed by atoms with Gasteiger partial charge in [0.1, 0.15) is 0 Å². The molecule has 0 spiro atoms. The molecule has 0 radical (unpaired) electrons. The van der Waals surface area contributed by atoms with Gasteiger partial charge < -0.3 is 14.0 Å². The molecule has 79 heavy (non-hydrogen) atoms. The summed E-state index contributed by atoms with van der Waals surface area (Å²) >= 11 is 0. The minimum absolute atomic E-state index is 0.583. The number of para-hydroxylation sites is 2. The maximum absolute atomic E-state index is 2.53. The molecular formula is C76H51N3. The summed E-state index contributed by atoms with van der Waals surface area (Å²) in [5.41, 5.74) is 22.9. The Labute approximate surface area is 459 Å². The molecule has 0 saturated carbocycles. The van der Waals surface area contributed by atoms with Crippen LogP contribution in [0.3, 0.4) is 0 Å². The normalized spacial score (nSPS) is 13.5. The highest BCUT2D eigenvalue weighted by Crippen LogP contribution is 2.60. The minimum Gasteiger partial charge on any atom is -0.316 e. The van der Waals surface area contributed by atoms with Crippen LogP contribution in [0.25, 0.3) is 66.3 Å². The zero-order chi connectivity index (χ0) is 52.1. The highest BCUT2D eigenvalue weighted by molar-refractivity contribution is 6.19. The molecule has 0 unspecified atom stereocenters. The molecule has 0 atom stereocenters. The van der Waals surface area contributed by atoms with Gasteiger partial charge in [0.15, 0.2) is 0 Å². The number of fused-ring (bicyclic) bond motifs is 11. The van der Waals surface area contributed by atoms with E-state index in [1.807, 2.05) is 0 Å². The molecule has 370 valence electrons. The Morgan fingerprint density at radius 2 is 0.658 bits per heavy atom. The fraction of sp³-hybridized carbons (Fsp3) is 0.0263. The Morgan fingerprint density at radius 3 is 1.15 bits per heavy atom. The first kappa shape index (κ1) is 45.0. The molecule has 12 aromatic carbocycles. The van der Waals surface area contributed by atoms with E-state index in [9.17, 15) is 0 Å². The van der Waals surface area contributed by atoms with Crippen LogP contribution in [-0.4, -0.2) is 9.13 Å². The van der Waals surface area contributed by atoms with Crippen LogP contribution in [0.2, 0.25) is 0 Å². The minimum atomic E-state index is -0.583. The summed E-state index contributed by atoms with van der Waals surface area (Å²) in [6, 6.07) is 113. The van der Waals surface area contributed by atoms with Crippen LogP contribution in [0.1, 0.15) is 44.5 Å². The summed E-state index contributed by atoms with van der Waals surface area (Å²) in [7, 11) is 0. The lowest BCUT2D eigenvalue weighted by molar-refractivity contribution is 0.767. The Bertz CT molecular complexity index is 4370. The average Bonchev–Trinajstić information content (AvgIpc) is 3.51. The molecule has 0 saturated heterocycles. The average molecular weight is 1010 g/mol. The van der Waals surface area contributed by atoms with Crippen molar-refractivity contribution in [2.75, 3.05) is 4.90 Å². The number of benzene rings is 12. The van der Waals surface area contributed by atoms with Crippen molar-refractivity contribution in [3.8, 4) is 33.6 Å². The van der Waals surface area contributed by atoms with Crippen LogP contribution in [0.4, 0.5) is 17.1 Å². The lowest BCUT2D eigenvalue weighted by Gasteiger charge is -2.36. The molecule has 0 N–H and O–H groups in total. The third kappa shape index (κ3) is 6.48. The van der Waals surface area contributed by atoms with Gasteiger partial charge in [-0.25, -0.2) is 0 Å². The topological polar surface area (TPSA) is 13.1 Å². The monoisotopic (exact) mass is 1010 g/mol. The number of nitrogens with zero attached hydrogens (tertiary/aromatic N) is 3. The predicted molar refractivity (Wildman–Crippen MR) is 327 cm³/mol. The van der Waals surface area contributed by atoms with Crippen molar-refractivity contribution in [2.24, 2.45) is 0 Å². The van der Waals surface area contributed by atoms with Crippen molar-refractivity contribution in [2.45, 2.75) is 10.8 Å². The highest BCUT2D eigenvalue weighted by Gasteiger charge is 2.48. The molecule has 0 fully saturated rings. The van der Waals surface area contributed by atoms with Crippen molar-refractivity contribution in [1.29, 1.82) is 0 Å². The molecule has 3 heteroatoms. The number of anilines is 3. The number of hydrogen-bond donors (Lipinski definition) is 0. The second-order valence-electron chi connectivity index (χ2n) is 21.1. The quantitative estimate of drug-likeness (QED) is 0.140. The number of rotatable bonds is 9. The molecule has 16 rings (SSSR count). The first-order valence-corrected chi connectivity index (χ1v) is 27.4. The summed E-state index contributed by atoms with van der Waals surface area (Å²) < 4.78 is 4.78. The van der Waals surface area contributed by atoms with Gasteiger partial charge in [0.05, 0.1) is 27.4 Å². The van der Waals surface area contributed by atoms with Crippen molar-refractivity contribution in [1.82, 2.24) is 9.13 Å². The number of hydrogen-bond acceptors (Lipinski definition) is 1. The fourth-order valence-corrected chi connectivity index (χ4v) is 14.1. The SMILES string of the molecule is c1ccc(-n2ccc3c2ccc2c4cc(N(c5ccc6c(c5)C(c5ccccc5)(c5ccccc5)c5ccccc5-6)c5ccc6c(c5)C(c5ccccc5)(c5ccccc5)c5ccccc5-6)ccc4n(-c4ccccc4)c23)cc1. The Hall–Kier alpha value is -10.2. The zero-order valence-corrected chi connectivity index (χ0v) is 43.3. The van der Waals surface area contributed by atoms with Gasteiger partial charge in [-0.3, -0.25) is 0 Å². The zero-order valence-electron chi connectivity index (χ0n) is 43.3. The molecule has 2 aromatic heterocycles. The third-order valence-electron chi connectivity index (χ3n) is 17.3. The molecular weight excluding hydrogens is 955 g/mol. The smallest absolute Gasteiger partial charge is 0.0714 e. The van der Waals surface area contributed by atoms with E-state index < -0.39 is 10.8 Å². The highest BCUT2D eigenvalue weighted by atomic mass is 15.1. The van der Waals surface area contributed by atoms with Crippen LogP contribution in [-0.2, 0) is 10.8 Å². The van der Waals surface area contributed by atoms with Crippen molar-refractivity contribution < 1.29 is 0 Å². The van der Waals surface area contributed by atoms with Crippen LogP contribution >= 0.6 is 0 Å². The van der Waals surface area contributed by atoms with Gasteiger partial charge in [-0.1, -0.05) is 224 Å². The fourth-order valence-electron chi connectivity index (χ4n) is 14.1. The van der Waals surface area contributed by atoms with E-state index in [1.54, 1.807) is 0 Å². The Kier molecular flexibility index (Phi) is 10.1. The lowest BCUT2D eigenvalue weighted by Crippen LogP contribution is -2.29. The molecule has 3 nitrogen and oxygen atoms in total. The predicted octanol–water partition coefficient (Wildman–Crippen LogP) is 18.9. The van der Waals surface area contributed by atoms with Crippen molar-refractivity contribution in [3.63, 3.8) is 0 Å². The number of aromatic nitrogens is 2. The van der Waals surface area contributed by atoms with Crippen LogP contribution < -0.4 is 4.90 Å². The van der Waals surface area contributed by atoms with E-state index in [1.165, 1.54) is 94.0 Å². The van der Waals surface area contributed by atoms with E-state index in [4.69, 9.17) is 0 Å². The van der Waals surface area contributed by atoms with Gasteiger partial charge in [-0.15, -0.1) is 0 Å². The van der Waals surface area contributed by atoms with Gasteiger partial charge in [0.2, 0.25) is 0 Å². The maximum atomic E-state index is 2.53. The Morgan fingerprint density at radius 1 is 0.266 bits per heavy atom. The maximum Gasteiger partial charge on any atom is 0.0714 e. The summed E-state index contributed by atoms with van der Waals surface area (Å²) in [5.74, 6) is 0. The molecule has 14 aromatic rings. The largest absolute Gasteiger partial charge is 0.316 e. The van der Waals surface area contributed by atoms with E-state index >= 15 is 0 Å². The van der Waals surface area contributed by atoms with E-state index in [-0.39, 0.29) is 0 Å². The first-order chi connectivity index (χ1) is 39.2. The molecule has 0 aliphatic heterocycles. The second kappa shape index (κ2) is 17.7. The standard InChI is InChI=1S/C76H51N3/c1-7-23-52(24-8-1)75(53-25-9-2-10-26-53)68-37-21-19-35-61(68)63-42-39-59(50-70(63)75)78(60-40-43-64-62-36-20-22-38-69(62)76(71(64)51-60,54-27-11-3-12-28-54)55-29-13-4-14-30-55)58-41-45-73-67(49-58)65-44-46-72-66(47-48-77(72)56-31-15-5-16-32-56)74(65)79(73)57-33-17-6-18-34-57/h1-51H. The summed E-state index contributed by atoms with van der Waals surface area (Å²) in [6.07, 6.45) is 2.22. The third-order valence-corrected chi connectivity index (χ3v) is 17.3. The van der Waals surface area contributed by atoms with Crippen molar-refractivity contribution >= 4 is 49.8 Å². The van der Waals surface area contributed by atoms with E-state index in [2.05, 4.69) is 324 Å². The van der Waals surface area contributed by atoms with Gasteiger partial charge in [-0.2, -0.15) is 0 Å². The second-order valence-corrected chi connectivity index (χ2v) is 21.1. The van der Waals surface area contributed by atoms with E-state index in [0.717, 1.165) is 34.0 Å². The summed E-state index contributed by atoms with van der Waals surface area (Å²) in [4.78, 5) is 2.53. The molecule has 2 aliphatic carbocycles. The van der Waals surface area contributed by atoms with Gasteiger partial charge >= 0.3 is 0 Å². The molecule has 2 aliphatic rings. The first-order valence-electron chi connectivity index (χ1n) is 27.4. The van der Waals surface area contributed by atoms with Crippen LogP contribution in [0, 0.1) is 0 Å². The van der Waals surface area contributed by atoms with Gasteiger partial charge in [0.25, 0.3) is 0 Å². The lowest BCUT2D eigenvalue weighted by atomic mass is 9.67. The Balaban J connectivity index is 0.993. The van der Waals surface area contributed by atoms with Crippen molar-refractivity contribution in [3.05, 3.63) is 354 Å². The molecule has 0 bridgehead atoms.